The van der Waals surface area contributed by atoms with Crippen LogP contribution >= 0.6 is 0 Å². The van der Waals surface area contributed by atoms with Gasteiger partial charge in [-0.05, 0) is 36.4 Å². The van der Waals surface area contributed by atoms with Crippen molar-refractivity contribution in [2.75, 3.05) is 33.2 Å². The Bertz CT molecular complexity index is 908. The molecule has 1 aliphatic rings. The van der Waals surface area contributed by atoms with Gasteiger partial charge in [0.2, 0.25) is 0 Å². The lowest BCUT2D eigenvalue weighted by atomic mass is 9.95. The molecule has 5 heteroatoms. The van der Waals surface area contributed by atoms with Crippen LogP contribution < -0.4 is 0 Å². The van der Waals surface area contributed by atoms with Crippen molar-refractivity contribution in [3.8, 4) is 0 Å². The summed E-state index contributed by atoms with van der Waals surface area (Å²) in [7, 11) is 2.15. The minimum Gasteiger partial charge on any atom is -0.478 e. The molecule has 0 aliphatic carbocycles. The van der Waals surface area contributed by atoms with Gasteiger partial charge in [-0.25, -0.2) is 4.79 Å². The fraction of sp³-hybridized carbons (Fsp3) is 0.286. The maximum Gasteiger partial charge on any atom is 0.335 e. The normalized spacial score (nSPS) is 17.4. The molecule has 0 radical (unpaired) electrons. The van der Waals surface area contributed by atoms with E-state index in [1.807, 2.05) is 18.2 Å². The molecule has 0 spiro atoms. The van der Waals surface area contributed by atoms with Crippen LogP contribution in [-0.2, 0) is 0 Å². The molecule has 3 aromatic rings. The molecule has 5 nitrogen and oxygen atoms in total. The van der Waals surface area contributed by atoms with Gasteiger partial charge < -0.3 is 15.0 Å². The first-order chi connectivity index (χ1) is 12.6. The van der Waals surface area contributed by atoms with Crippen molar-refractivity contribution in [2.24, 2.45) is 0 Å². The van der Waals surface area contributed by atoms with Crippen LogP contribution in [0.25, 0.3) is 10.9 Å². The third kappa shape index (κ3) is 3.11. The van der Waals surface area contributed by atoms with E-state index in [4.69, 9.17) is 0 Å². The number of nitrogens with one attached hydrogen (secondary N) is 1. The number of H-pyrrole nitrogens is 1. The first kappa shape index (κ1) is 16.8. The van der Waals surface area contributed by atoms with Crippen LogP contribution in [0.1, 0.15) is 27.5 Å². The van der Waals surface area contributed by atoms with Gasteiger partial charge in [-0.2, -0.15) is 0 Å². The Morgan fingerprint density at radius 3 is 2.42 bits per heavy atom. The zero-order chi connectivity index (χ0) is 18.1. The highest BCUT2D eigenvalue weighted by Crippen LogP contribution is 2.34. The molecule has 0 amide bonds. The lowest BCUT2D eigenvalue weighted by Gasteiger charge is -2.38. The van der Waals surface area contributed by atoms with Gasteiger partial charge >= 0.3 is 5.97 Å². The third-order valence-electron chi connectivity index (χ3n) is 5.29. The zero-order valence-corrected chi connectivity index (χ0v) is 14.9. The number of hydrogen-bond acceptors (Lipinski definition) is 3. The Morgan fingerprint density at radius 1 is 1.04 bits per heavy atom. The summed E-state index contributed by atoms with van der Waals surface area (Å²) in [5.74, 6) is -0.889. The Labute approximate surface area is 152 Å². The van der Waals surface area contributed by atoms with Crippen LogP contribution in [0.15, 0.2) is 54.7 Å². The molecule has 2 heterocycles. The van der Waals surface area contributed by atoms with Crippen molar-refractivity contribution in [3.05, 3.63) is 71.4 Å². The Kier molecular flexibility index (Phi) is 4.49. The molecule has 4 rings (SSSR count). The average Bonchev–Trinajstić information content (AvgIpc) is 3.08. The summed E-state index contributed by atoms with van der Waals surface area (Å²) in [6.07, 6.45) is 2.10. The maximum atomic E-state index is 11.2. The number of carboxylic acid groups (broad SMARTS) is 1. The van der Waals surface area contributed by atoms with Crippen LogP contribution in [0, 0.1) is 0 Å². The SMILES string of the molecule is CN1CCN(C(c2ccc(C(=O)O)cc2)c2c[nH]c3ccccc23)CC1. The second-order valence-corrected chi connectivity index (χ2v) is 6.96. The number of para-hydroxylation sites is 1. The van der Waals surface area contributed by atoms with Crippen molar-refractivity contribution >= 4 is 16.9 Å². The standard InChI is InChI=1S/C21H23N3O2/c1-23-10-12-24(13-11-23)20(15-6-8-16(9-7-15)21(25)26)18-14-22-19-5-3-2-4-17(18)19/h2-9,14,20,22H,10-13H2,1H3,(H,25,26). The summed E-state index contributed by atoms with van der Waals surface area (Å²) in [5.41, 5.74) is 3.83. The number of piperazine rings is 1. The monoisotopic (exact) mass is 349 g/mol. The van der Waals surface area contributed by atoms with Crippen molar-refractivity contribution in [3.63, 3.8) is 0 Å². The molecule has 134 valence electrons. The molecular weight excluding hydrogens is 326 g/mol. The van der Waals surface area contributed by atoms with Gasteiger partial charge in [-0.15, -0.1) is 0 Å². The van der Waals surface area contributed by atoms with E-state index in [1.54, 1.807) is 12.1 Å². The third-order valence-corrected chi connectivity index (χ3v) is 5.29. The molecule has 0 saturated carbocycles. The number of carboxylic acids is 1. The minimum absolute atomic E-state index is 0.114. The highest BCUT2D eigenvalue weighted by atomic mass is 16.4. The van der Waals surface area contributed by atoms with E-state index >= 15 is 0 Å². The second kappa shape index (κ2) is 6.94. The number of nitrogens with zero attached hydrogens (tertiary/aromatic N) is 2. The van der Waals surface area contributed by atoms with Crippen LogP contribution in [0.3, 0.4) is 0 Å². The second-order valence-electron chi connectivity index (χ2n) is 6.96. The van der Waals surface area contributed by atoms with Gasteiger partial charge in [0.05, 0.1) is 11.6 Å². The van der Waals surface area contributed by atoms with E-state index in [0.717, 1.165) is 37.3 Å². The number of aromatic nitrogens is 1. The molecule has 1 aliphatic heterocycles. The van der Waals surface area contributed by atoms with Crippen LogP contribution in [0.5, 0.6) is 0 Å². The van der Waals surface area contributed by atoms with E-state index in [2.05, 4.69) is 46.2 Å². The van der Waals surface area contributed by atoms with E-state index in [-0.39, 0.29) is 6.04 Å². The fourth-order valence-electron chi connectivity index (χ4n) is 3.80. The highest BCUT2D eigenvalue weighted by Gasteiger charge is 2.27. The average molecular weight is 349 g/mol. The van der Waals surface area contributed by atoms with Crippen LogP contribution in [0.4, 0.5) is 0 Å². The van der Waals surface area contributed by atoms with E-state index in [1.165, 1.54) is 10.9 Å². The molecule has 1 atom stereocenters. The summed E-state index contributed by atoms with van der Waals surface area (Å²) < 4.78 is 0. The molecule has 1 saturated heterocycles. The van der Waals surface area contributed by atoms with Crippen molar-refractivity contribution in [1.82, 2.24) is 14.8 Å². The predicted molar refractivity (Wildman–Crippen MR) is 103 cm³/mol. The molecule has 2 aromatic carbocycles. The number of aromatic amines is 1. The molecule has 26 heavy (non-hydrogen) atoms. The number of rotatable bonds is 4. The number of carbonyl (C=O) groups is 1. The van der Waals surface area contributed by atoms with E-state index in [0.29, 0.717) is 5.56 Å². The quantitative estimate of drug-likeness (QED) is 0.759. The molecule has 0 bridgehead atoms. The van der Waals surface area contributed by atoms with Crippen molar-refractivity contribution in [1.29, 1.82) is 0 Å². The summed E-state index contributed by atoms with van der Waals surface area (Å²) in [4.78, 5) is 19.4. The van der Waals surface area contributed by atoms with Crippen molar-refractivity contribution < 1.29 is 9.90 Å². The topological polar surface area (TPSA) is 59.6 Å². The predicted octanol–water partition coefficient (Wildman–Crippen LogP) is 3.20. The maximum absolute atomic E-state index is 11.2. The zero-order valence-electron chi connectivity index (χ0n) is 14.9. The summed E-state index contributed by atoms with van der Waals surface area (Å²) in [5, 5.41) is 10.4. The van der Waals surface area contributed by atoms with Gasteiger partial charge in [0.1, 0.15) is 0 Å². The largest absolute Gasteiger partial charge is 0.478 e. The molecule has 1 unspecified atom stereocenters. The van der Waals surface area contributed by atoms with E-state index < -0.39 is 5.97 Å². The van der Waals surface area contributed by atoms with Crippen LogP contribution in [-0.4, -0.2) is 59.1 Å². The Balaban J connectivity index is 1.77. The van der Waals surface area contributed by atoms with Crippen LogP contribution in [0.2, 0.25) is 0 Å². The summed E-state index contributed by atoms with van der Waals surface area (Å²) in [6, 6.07) is 15.8. The smallest absolute Gasteiger partial charge is 0.335 e. The number of benzene rings is 2. The fourth-order valence-corrected chi connectivity index (χ4v) is 3.80. The lowest BCUT2D eigenvalue weighted by molar-refractivity contribution is 0.0697. The molecule has 1 fully saturated rings. The summed E-state index contributed by atoms with van der Waals surface area (Å²) >= 11 is 0. The highest BCUT2D eigenvalue weighted by molar-refractivity contribution is 5.87. The van der Waals surface area contributed by atoms with Crippen molar-refractivity contribution in [2.45, 2.75) is 6.04 Å². The van der Waals surface area contributed by atoms with Gasteiger partial charge in [0, 0.05) is 43.3 Å². The van der Waals surface area contributed by atoms with Gasteiger partial charge in [-0.1, -0.05) is 30.3 Å². The first-order valence-electron chi connectivity index (χ1n) is 8.95. The number of likely N-dealkylation sites (N-methyl/N-ethyl adjacent to an activating group) is 1. The number of aromatic carboxylic acids is 1. The van der Waals surface area contributed by atoms with Gasteiger partial charge in [0.25, 0.3) is 0 Å². The molecule has 2 N–H and O–H groups in total. The Hall–Kier alpha value is -2.63. The first-order valence-corrected chi connectivity index (χ1v) is 8.95. The lowest BCUT2D eigenvalue weighted by Crippen LogP contribution is -2.46. The Morgan fingerprint density at radius 2 is 1.73 bits per heavy atom. The van der Waals surface area contributed by atoms with Gasteiger partial charge in [0.15, 0.2) is 0 Å². The molecular formula is C21H23N3O2. The molecule has 1 aromatic heterocycles. The van der Waals surface area contributed by atoms with E-state index in [9.17, 15) is 9.90 Å². The van der Waals surface area contributed by atoms with Gasteiger partial charge in [-0.3, -0.25) is 4.90 Å². The minimum atomic E-state index is -0.889. The summed E-state index contributed by atoms with van der Waals surface area (Å²) in [6.45, 7) is 4.04. The number of fused-ring (bicyclic) bond motifs is 1. The number of hydrogen-bond donors (Lipinski definition) is 2.